The standard InChI is InChI=1S/C22H29ClN4O2/c1-3-4-5-17-6-8-18(9-7-17)25-20(28)15-27-22(29)21(23)19(14-24-27)26-12-10-16(2)11-13-26/h6-9,14,16H,3-5,10-13,15H2,1-2H3,(H,25,28). The van der Waals surface area contributed by atoms with Gasteiger partial charge in [-0.15, -0.1) is 0 Å². The lowest BCUT2D eigenvalue weighted by atomic mass is 9.99. The molecule has 7 heteroatoms. The van der Waals surface area contributed by atoms with Crippen molar-refractivity contribution in [2.24, 2.45) is 5.92 Å². The second-order valence-electron chi connectivity index (χ2n) is 7.82. The minimum atomic E-state index is -0.437. The van der Waals surface area contributed by atoms with E-state index < -0.39 is 5.56 Å². The Morgan fingerprint density at radius 3 is 2.59 bits per heavy atom. The van der Waals surface area contributed by atoms with Crippen molar-refractivity contribution in [3.05, 3.63) is 51.4 Å². The summed E-state index contributed by atoms with van der Waals surface area (Å²) < 4.78 is 1.11. The summed E-state index contributed by atoms with van der Waals surface area (Å²) in [5, 5.41) is 7.12. The highest BCUT2D eigenvalue weighted by molar-refractivity contribution is 6.33. The van der Waals surface area contributed by atoms with Crippen molar-refractivity contribution in [1.82, 2.24) is 9.78 Å². The number of nitrogens with zero attached hydrogens (tertiary/aromatic N) is 3. The Morgan fingerprint density at radius 2 is 1.93 bits per heavy atom. The average Bonchev–Trinajstić information content (AvgIpc) is 2.72. The molecule has 0 spiro atoms. The van der Waals surface area contributed by atoms with Crippen LogP contribution in [0.5, 0.6) is 0 Å². The van der Waals surface area contributed by atoms with Crippen molar-refractivity contribution in [2.75, 3.05) is 23.3 Å². The van der Waals surface area contributed by atoms with Gasteiger partial charge in [-0.3, -0.25) is 9.59 Å². The molecule has 0 unspecified atom stereocenters. The van der Waals surface area contributed by atoms with E-state index in [-0.39, 0.29) is 17.5 Å². The van der Waals surface area contributed by atoms with E-state index in [4.69, 9.17) is 11.6 Å². The molecular weight excluding hydrogens is 388 g/mol. The van der Waals surface area contributed by atoms with Gasteiger partial charge in [0.05, 0.1) is 11.9 Å². The zero-order valence-corrected chi connectivity index (χ0v) is 17.9. The summed E-state index contributed by atoms with van der Waals surface area (Å²) in [7, 11) is 0. The summed E-state index contributed by atoms with van der Waals surface area (Å²) in [6, 6.07) is 7.79. The van der Waals surface area contributed by atoms with Crippen LogP contribution in [0, 0.1) is 5.92 Å². The number of unbranched alkanes of at least 4 members (excludes halogenated alkanes) is 1. The summed E-state index contributed by atoms with van der Waals surface area (Å²) in [5.41, 5.74) is 2.17. The second kappa shape index (κ2) is 9.92. The lowest BCUT2D eigenvalue weighted by Crippen LogP contribution is -2.36. The molecule has 1 aliphatic rings. The van der Waals surface area contributed by atoms with Crippen LogP contribution in [0.3, 0.4) is 0 Å². The SMILES string of the molecule is CCCCc1ccc(NC(=O)Cn2ncc(N3CCC(C)CC3)c(Cl)c2=O)cc1. The van der Waals surface area contributed by atoms with Crippen LogP contribution in [0.1, 0.15) is 45.1 Å². The van der Waals surface area contributed by atoms with Gasteiger partial charge >= 0.3 is 0 Å². The highest BCUT2D eigenvalue weighted by Crippen LogP contribution is 2.26. The van der Waals surface area contributed by atoms with E-state index in [1.165, 1.54) is 5.56 Å². The molecule has 2 heterocycles. The van der Waals surface area contributed by atoms with E-state index in [2.05, 4.69) is 29.2 Å². The minimum Gasteiger partial charge on any atom is -0.369 e. The van der Waals surface area contributed by atoms with Gasteiger partial charge in [-0.25, -0.2) is 4.68 Å². The van der Waals surface area contributed by atoms with Gasteiger partial charge in [0.15, 0.2) is 0 Å². The second-order valence-corrected chi connectivity index (χ2v) is 8.20. The van der Waals surface area contributed by atoms with Gasteiger partial charge in [0.25, 0.3) is 5.56 Å². The zero-order valence-electron chi connectivity index (χ0n) is 17.2. The number of aromatic nitrogens is 2. The van der Waals surface area contributed by atoms with Crippen LogP contribution in [0.25, 0.3) is 0 Å². The molecule has 6 nitrogen and oxygen atoms in total. The number of rotatable bonds is 7. The third-order valence-electron chi connectivity index (χ3n) is 5.44. The number of piperidine rings is 1. The Labute approximate surface area is 176 Å². The van der Waals surface area contributed by atoms with Gasteiger partial charge in [-0.2, -0.15) is 5.10 Å². The molecule has 1 fully saturated rings. The number of benzene rings is 1. The van der Waals surface area contributed by atoms with Gasteiger partial charge in [-0.1, -0.05) is 44.0 Å². The first kappa shape index (κ1) is 21.4. The van der Waals surface area contributed by atoms with E-state index in [0.717, 1.165) is 49.9 Å². The lowest BCUT2D eigenvalue weighted by Gasteiger charge is -2.32. The normalized spacial score (nSPS) is 14.8. The van der Waals surface area contributed by atoms with E-state index in [9.17, 15) is 9.59 Å². The monoisotopic (exact) mass is 416 g/mol. The molecule has 1 amide bonds. The molecule has 156 valence electrons. The minimum absolute atomic E-state index is 0.127. The van der Waals surface area contributed by atoms with E-state index in [1.54, 1.807) is 6.20 Å². The molecule has 0 aliphatic carbocycles. The predicted molar refractivity (Wildman–Crippen MR) is 118 cm³/mol. The average molecular weight is 417 g/mol. The molecule has 29 heavy (non-hydrogen) atoms. The highest BCUT2D eigenvalue weighted by atomic mass is 35.5. The Morgan fingerprint density at radius 1 is 1.24 bits per heavy atom. The summed E-state index contributed by atoms with van der Waals surface area (Å²) in [4.78, 5) is 27.1. The van der Waals surface area contributed by atoms with Gasteiger partial charge in [-0.05, 0) is 49.3 Å². The van der Waals surface area contributed by atoms with Crippen molar-refractivity contribution < 1.29 is 4.79 Å². The molecule has 0 bridgehead atoms. The fourth-order valence-corrected chi connectivity index (χ4v) is 3.78. The molecule has 1 aliphatic heterocycles. The van der Waals surface area contributed by atoms with Crippen molar-refractivity contribution in [3.8, 4) is 0 Å². The number of amides is 1. The molecule has 1 N–H and O–H groups in total. The van der Waals surface area contributed by atoms with Crippen LogP contribution in [-0.2, 0) is 17.8 Å². The molecule has 1 aromatic carbocycles. The molecule has 2 aromatic rings. The molecule has 1 aromatic heterocycles. The van der Waals surface area contributed by atoms with Crippen LogP contribution in [-0.4, -0.2) is 28.8 Å². The van der Waals surface area contributed by atoms with Gasteiger partial charge in [0.2, 0.25) is 5.91 Å². The molecule has 0 saturated carbocycles. The maximum absolute atomic E-state index is 12.6. The van der Waals surface area contributed by atoms with E-state index in [1.807, 2.05) is 24.3 Å². The number of nitrogens with one attached hydrogen (secondary N) is 1. The Kier molecular flexibility index (Phi) is 7.31. The Hall–Kier alpha value is -2.34. The van der Waals surface area contributed by atoms with Crippen LogP contribution < -0.4 is 15.8 Å². The summed E-state index contributed by atoms with van der Waals surface area (Å²) in [5.74, 6) is 0.374. The number of halogens is 1. The lowest BCUT2D eigenvalue weighted by molar-refractivity contribution is -0.117. The first-order valence-corrected chi connectivity index (χ1v) is 10.7. The van der Waals surface area contributed by atoms with Crippen LogP contribution in [0.15, 0.2) is 35.3 Å². The summed E-state index contributed by atoms with van der Waals surface area (Å²) in [6.45, 7) is 5.94. The topological polar surface area (TPSA) is 67.2 Å². The Bertz CT molecular complexity index is 887. The molecule has 3 rings (SSSR count). The maximum atomic E-state index is 12.6. The first-order valence-electron chi connectivity index (χ1n) is 10.4. The molecule has 0 atom stereocenters. The fourth-order valence-electron chi connectivity index (χ4n) is 3.51. The summed E-state index contributed by atoms with van der Waals surface area (Å²) >= 11 is 6.32. The third kappa shape index (κ3) is 5.60. The van der Waals surface area contributed by atoms with Crippen molar-refractivity contribution in [2.45, 2.75) is 52.5 Å². The zero-order chi connectivity index (χ0) is 20.8. The predicted octanol–water partition coefficient (Wildman–Crippen LogP) is 4.11. The summed E-state index contributed by atoms with van der Waals surface area (Å²) in [6.07, 6.45) is 7.06. The van der Waals surface area contributed by atoms with Crippen molar-refractivity contribution >= 4 is 28.9 Å². The number of carbonyl (C=O) groups excluding carboxylic acids is 1. The van der Waals surface area contributed by atoms with Gasteiger partial charge in [0, 0.05) is 18.8 Å². The molecular formula is C22H29ClN4O2. The Balaban J connectivity index is 1.63. The first-order chi connectivity index (χ1) is 14.0. The smallest absolute Gasteiger partial charge is 0.288 e. The number of carbonyl (C=O) groups is 1. The number of hydrogen-bond acceptors (Lipinski definition) is 4. The number of hydrogen-bond donors (Lipinski definition) is 1. The van der Waals surface area contributed by atoms with Gasteiger partial charge in [0.1, 0.15) is 11.6 Å². The van der Waals surface area contributed by atoms with Crippen molar-refractivity contribution in [1.29, 1.82) is 0 Å². The van der Waals surface area contributed by atoms with Crippen LogP contribution in [0.4, 0.5) is 11.4 Å². The van der Waals surface area contributed by atoms with E-state index >= 15 is 0 Å². The van der Waals surface area contributed by atoms with Crippen molar-refractivity contribution in [3.63, 3.8) is 0 Å². The maximum Gasteiger partial charge on any atom is 0.288 e. The third-order valence-corrected chi connectivity index (χ3v) is 5.80. The van der Waals surface area contributed by atoms with Crippen LogP contribution in [0.2, 0.25) is 5.02 Å². The van der Waals surface area contributed by atoms with E-state index in [0.29, 0.717) is 17.3 Å². The largest absolute Gasteiger partial charge is 0.369 e. The number of anilines is 2. The van der Waals surface area contributed by atoms with Crippen LogP contribution >= 0.6 is 11.6 Å². The highest BCUT2D eigenvalue weighted by Gasteiger charge is 2.21. The fraction of sp³-hybridized carbons (Fsp3) is 0.500. The van der Waals surface area contributed by atoms with Gasteiger partial charge < -0.3 is 10.2 Å². The molecule has 1 saturated heterocycles. The quantitative estimate of drug-likeness (QED) is 0.737. The molecule has 0 radical (unpaired) electrons. The number of aryl methyl sites for hydroxylation is 1.